The molecule has 0 unspecified atom stereocenters. The molecule has 0 saturated carbocycles. The van der Waals surface area contributed by atoms with Gasteiger partial charge in [-0.2, -0.15) is 0 Å². The molecule has 3 N–H and O–H groups in total. The van der Waals surface area contributed by atoms with Crippen molar-refractivity contribution in [1.29, 1.82) is 0 Å². The molecule has 0 bridgehead atoms. The van der Waals surface area contributed by atoms with Crippen molar-refractivity contribution >= 4 is 46.0 Å². The zero-order valence-corrected chi connectivity index (χ0v) is 22.1. The van der Waals surface area contributed by atoms with Gasteiger partial charge < -0.3 is 25.0 Å². The highest BCUT2D eigenvalue weighted by Gasteiger charge is 2.46. The van der Waals surface area contributed by atoms with Gasteiger partial charge in [-0.15, -0.1) is 0 Å². The number of aliphatic hydroxyl groups excluding tert-OH is 1. The number of primary amides is 1. The number of benzene rings is 2. The number of amides is 1. The first-order chi connectivity index (χ1) is 16.9. The molecule has 2 heterocycles. The first-order valence-electron chi connectivity index (χ1n) is 11.8. The molecule has 194 valence electrons. The summed E-state index contributed by atoms with van der Waals surface area (Å²) in [6.45, 7) is 7.00. The normalized spacial score (nSPS) is 16.1. The fraction of sp³-hybridized carbons (Fsp3) is 0.462. The summed E-state index contributed by atoms with van der Waals surface area (Å²) in [5.74, 6) is -0.653. The zero-order valence-electron chi connectivity index (χ0n) is 20.6. The molecule has 0 saturated heterocycles. The molecule has 0 aliphatic carbocycles. The van der Waals surface area contributed by atoms with Gasteiger partial charge in [0, 0.05) is 24.7 Å². The first kappa shape index (κ1) is 26.5. The lowest BCUT2D eigenvalue weighted by Gasteiger charge is -2.43. The highest BCUT2D eigenvalue weighted by molar-refractivity contribution is 6.42. The number of carbonyl (C=O) groups excluding carboxylic acids is 1. The van der Waals surface area contributed by atoms with Crippen LogP contribution in [0.2, 0.25) is 10.0 Å². The Balaban J connectivity index is 1.76. The second-order valence-electron chi connectivity index (χ2n) is 10.7. The second kappa shape index (κ2) is 10.1. The molecular formula is C26H31Cl2FN4O3. The average Bonchev–Trinajstić information content (AvgIpc) is 3.35. The summed E-state index contributed by atoms with van der Waals surface area (Å²) in [6, 6.07) is 8.10. The van der Waals surface area contributed by atoms with Crippen LogP contribution >= 0.6 is 23.2 Å². The third-order valence-electron chi connectivity index (χ3n) is 6.75. The molecule has 1 aromatic heterocycles. The van der Waals surface area contributed by atoms with Gasteiger partial charge in [0.05, 0.1) is 40.6 Å². The van der Waals surface area contributed by atoms with Crippen LogP contribution in [0.3, 0.4) is 0 Å². The topological polar surface area (TPSA) is 93.6 Å². The first-order valence-corrected chi connectivity index (χ1v) is 12.6. The monoisotopic (exact) mass is 536 g/mol. The van der Waals surface area contributed by atoms with E-state index in [0.717, 1.165) is 16.8 Å². The van der Waals surface area contributed by atoms with Gasteiger partial charge in [-0.05, 0) is 54.2 Å². The maximum Gasteiger partial charge on any atom is 0.405 e. The van der Waals surface area contributed by atoms with Crippen molar-refractivity contribution < 1.29 is 19.0 Å². The molecule has 2 aromatic carbocycles. The molecule has 2 atom stereocenters. The largest absolute Gasteiger partial charge is 0.438 e. The molecule has 0 fully saturated rings. The van der Waals surface area contributed by atoms with Crippen molar-refractivity contribution in [2.24, 2.45) is 17.1 Å². The molecule has 0 spiro atoms. The molecule has 10 heteroatoms. The number of hydrogen-bond donors (Lipinski definition) is 2. The quantitative estimate of drug-likeness (QED) is 0.400. The maximum absolute atomic E-state index is 13.8. The van der Waals surface area contributed by atoms with Gasteiger partial charge in [-0.1, -0.05) is 44.0 Å². The highest BCUT2D eigenvalue weighted by Crippen LogP contribution is 2.39. The Morgan fingerprint density at radius 3 is 2.64 bits per heavy atom. The molecule has 1 aliphatic rings. The minimum Gasteiger partial charge on any atom is -0.438 e. The standard InChI is InChI=1S/C26H31Cl2FN4O3/c1-25(2,3)11-17(12-33-15-31-21-9-19(27)20(28)10-23(21)33)26(14-34,36-24(30)35)13-32-7-6-16-8-18(29)4-5-22(16)32/h4-5,8-10,15,17,34H,6-7,11-14H2,1-3H3,(H2,30,35)/t17-,26+/m0/s1. The van der Waals surface area contributed by atoms with Crippen molar-refractivity contribution in [2.75, 3.05) is 24.6 Å². The Bertz CT molecular complexity index is 1280. The van der Waals surface area contributed by atoms with E-state index in [2.05, 4.69) is 25.8 Å². The van der Waals surface area contributed by atoms with Crippen LogP contribution in [0.4, 0.5) is 14.9 Å². The molecule has 1 amide bonds. The van der Waals surface area contributed by atoms with Crippen molar-refractivity contribution in [2.45, 2.75) is 45.8 Å². The van der Waals surface area contributed by atoms with Gasteiger partial charge in [0.15, 0.2) is 5.60 Å². The summed E-state index contributed by atoms with van der Waals surface area (Å²) in [4.78, 5) is 18.7. The van der Waals surface area contributed by atoms with Gasteiger partial charge in [-0.3, -0.25) is 0 Å². The number of imidazole rings is 1. The van der Waals surface area contributed by atoms with E-state index >= 15 is 0 Å². The number of hydrogen-bond acceptors (Lipinski definition) is 5. The van der Waals surface area contributed by atoms with Crippen LogP contribution < -0.4 is 10.6 Å². The highest BCUT2D eigenvalue weighted by atomic mass is 35.5. The number of anilines is 1. The molecule has 36 heavy (non-hydrogen) atoms. The lowest BCUT2D eigenvalue weighted by atomic mass is 9.75. The van der Waals surface area contributed by atoms with E-state index in [1.807, 2.05) is 9.47 Å². The van der Waals surface area contributed by atoms with Crippen LogP contribution in [0.15, 0.2) is 36.7 Å². The van der Waals surface area contributed by atoms with E-state index in [0.29, 0.717) is 41.5 Å². The van der Waals surface area contributed by atoms with E-state index in [1.54, 1.807) is 24.5 Å². The van der Waals surface area contributed by atoms with E-state index in [9.17, 15) is 14.3 Å². The predicted octanol–water partition coefficient (Wildman–Crippen LogP) is 5.42. The van der Waals surface area contributed by atoms with E-state index in [4.69, 9.17) is 33.7 Å². The Hall–Kier alpha value is -2.55. The number of halogens is 3. The van der Waals surface area contributed by atoms with Crippen LogP contribution in [-0.2, 0) is 17.7 Å². The van der Waals surface area contributed by atoms with Gasteiger partial charge in [0.25, 0.3) is 0 Å². The summed E-state index contributed by atoms with van der Waals surface area (Å²) in [6.07, 6.45) is 1.98. The molecule has 0 radical (unpaired) electrons. The number of fused-ring (bicyclic) bond motifs is 2. The lowest BCUT2D eigenvalue weighted by Crippen LogP contribution is -2.56. The van der Waals surface area contributed by atoms with Crippen LogP contribution in [0, 0.1) is 17.2 Å². The van der Waals surface area contributed by atoms with Crippen molar-refractivity contribution in [3.63, 3.8) is 0 Å². The third kappa shape index (κ3) is 5.56. The summed E-state index contributed by atoms with van der Waals surface area (Å²) in [5.41, 5.74) is 7.23. The lowest BCUT2D eigenvalue weighted by molar-refractivity contribution is -0.0766. The van der Waals surface area contributed by atoms with Crippen molar-refractivity contribution in [3.05, 3.63) is 58.1 Å². The molecule has 1 aliphatic heterocycles. The van der Waals surface area contributed by atoms with E-state index in [-0.39, 0.29) is 23.7 Å². The number of aliphatic hydroxyl groups is 1. The predicted molar refractivity (Wildman–Crippen MR) is 140 cm³/mol. The third-order valence-corrected chi connectivity index (χ3v) is 7.47. The number of aromatic nitrogens is 2. The SMILES string of the molecule is CC(C)(C)C[C@@H](Cn1cnc2cc(Cl)c(Cl)cc21)[C@](CO)(CN1CCc2cc(F)ccc21)OC(N)=O. The number of rotatable bonds is 8. The second-order valence-corrected chi connectivity index (χ2v) is 11.5. The van der Waals surface area contributed by atoms with Crippen LogP contribution in [-0.4, -0.2) is 46.0 Å². The zero-order chi connectivity index (χ0) is 26.3. The average molecular weight is 537 g/mol. The van der Waals surface area contributed by atoms with E-state index in [1.165, 1.54) is 12.1 Å². The Morgan fingerprint density at radius 1 is 1.25 bits per heavy atom. The summed E-state index contributed by atoms with van der Waals surface area (Å²) in [7, 11) is 0. The van der Waals surface area contributed by atoms with Gasteiger partial charge >= 0.3 is 6.09 Å². The van der Waals surface area contributed by atoms with Crippen LogP contribution in [0.25, 0.3) is 11.0 Å². The summed E-state index contributed by atoms with van der Waals surface area (Å²) >= 11 is 12.5. The molecule has 4 rings (SSSR count). The van der Waals surface area contributed by atoms with Crippen LogP contribution in [0.1, 0.15) is 32.8 Å². The van der Waals surface area contributed by atoms with Gasteiger partial charge in [0.2, 0.25) is 0 Å². The van der Waals surface area contributed by atoms with Crippen molar-refractivity contribution in [3.8, 4) is 0 Å². The van der Waals surface area contributed by atoms with Gasteiger partial charge in [-0.25, -0.2) is 14.2 Å². The van der Waals surface area contributed by atoms with E-state index < -0.39 is 18.3 Å². The minimum absolute atomic E-state index is 0.171. The number of nitrogens with zero attached hydrogens (tertiary/aromatic N) is 3. The molecule has 7 nitrogen and oxygen atoms in total. The molecule has 3 aromatic rings. The van der Waals surface area contributed by atoms with Crippen molar-refractivity contribution in [1.82, 2.24) is 9.55 Å². The number of ether oxygens (including phenoxy) is 1. The minimum atomic E-state index is -1.33. The maximum atomic E-state index is 13.8. The fourth-order valence-electron chi connectivity index (χ4n) is 5.17. The van der Waals surface area contributed by atoms with Crippen LogP contribution in [0.5, 0.6) is 0 Å². The smallest absolute Gasteiger partial charge is 0.405 e. The van der Waals surface area contributed by atoms with Gasteiger partial charge in [0.1, 0.15) is 5.82 Å². The summed E-state index contributed by atoms with van der Waals surface area (Å²) in [5, 5.41) is 11.6. The summed E-state index contributed by atoms with van der Waals surface area (Å²) < 4.78 is 21.5. The number of carbonyl (C=O) groups is 1. The Morgan fingerprint density at radius 2 is 1.97 bits per heavy atom. The number of nitrogens with two attached hydrogens (primary N) is 1. The fourth-order valence-corrected chi connectivity index (χ4v) is 5.49. The Labute approximate surface area is 219 Å². The Kier molecular flexibility index (Phi) is 7.42. The molecular weight excluding hydrogens is 506 g/mol.